The number of unbranched alkanes of at least 4 members (excludes halogenated alkanes) is 16. The monoisotopic (exact) mass is 671 g/mol. The van der Waals surface area contributed by atoms with Crippen molar-refractivity contribution in [1.82, 2.24) is 0 Å². The van der Waals surface area contributed by atoms with Gasteiger partial charge in [0, 0.05) is 19.6 Å². The van der Waals surface area contributed by atoms with E-state index in [1.807, 2.05) is 0 Å². The lowest BCUT2D eigenvalue weighted by atomic mass is 10.1. The number of allylic oxidation sites excluding steroid dienone is 6. The number of phosphoric acid groups is 1. The number of hydrogen-bond donors (Lipinski definition) is 2. The summed E-state index contributed by atoms with van der Waals surface area (Å²) in [6, 6.07) is 0. The van der Waals surface area contributed by atoms with Gasteiger partial charge in [-0.25, -0.2) is 4.57 Å². The Morgan fingerprint density at radius 1 is 0.652 bits per heavy atom. The van der Waals surface area contributed by atoms with Crippen LogP contribution in [0.2, 0.25) is 0 Å². The largest absolute Gasteiger partial charge is 0.472 e. The molecule has 0 rings (SSSR count). The molecule has 0 aliphatic heterocycles. The van der Waals surface area contributed by atoms with Gasteiger partial charge in [0.2, 0.25) is 0 Å². The predicted molar refractivity (Wildman–Crippen MR) is 192 cm³/mol. The van der Waals surface area contributed by atoms with E-state index in [1.165, 1.54) is 70.6 Å². The minimum atomic E-state index is -4.27. The van der Waals surface area contributed by atoms with E-state index in [0.717, 1.165) is 64.2 Å². The first-order valence-electron chi connectivity index (χ1n) is 18.5. The number of nitrogens with two attached hydrogens (primary N) is 1. The van der Waals surface area contributed by atoms with Crippen molar-refractivity contribution in [2.45, 2.75) is 161 Å². The van der Waals surface area contributed by atoms with Crippen LogP contribution in [0.5, 0.6) is 0 Å². The maximum atomic E-state index is 12.5. The highest BCUT2D eigenvalue weighted by Gasteiger charge is 2.25. The topological polar surface area (TPSA) is 117 Å². The van der Waals surface area contributed by atoms with Crippen LogP contribution < -0.4 is 5.73 Å². The molecule has 0 aromatic heterocycles. The molecule has 46 heavy (non-hydrogen) atoms. The van der Waals surface area contributed by atoms with Gasteiger partial charge in [-0.05, 0) is 64.2 Å². The number of ether oxygens (including phenoxy) is 2. The minimum absolute atomic E-state index is 0.0965. The molecule has 270 valence electrons. The summed E-state index contributed by atoms with van der Waals surface area (Å²) in [6.45, 7) is 4.81. The molecular formula is C37H70NO7P. The maximum absolute atomic E-state index is 12.5. The van der Waals surface area contributed by atoms with Gasteiger partial charge in [0.1, 0.15) is 6.10 Å². The third-order valence-corrected chi connectivity index (χ3v) is 8.51. The molecule has 0 heterocycles. The summed E-state index contributed by atoms with van der Waals surface area (Å²) >= 11 is 0. The normalized spacial score (nSPS) is 14.1. The van der Waals surface area contributed by atoms with Crippen molar-refractivity contribution in [3.05, 3.63) is 36.5 Å². The van der Waals surface area contributed by atoms with Crippen LogP contribution >= 0.6 is 7.82 Å². The SMILES string of the molecule is CCCC/C=C\CCCCCCCC(=O)OC(COCCCCCCCC/C=C\C/C=C\CCCCC)COP(=O)(O)OCCN. The first kappa shape index (κ1) is 44.7. The summed E-state index contributed by atoms with van der Waals surface area (Å²) in [7, 11) is -4.27. The molecule has 0 aliphatic carbocycles. The first-order chi connectivity index (χ1) is 22.4. The fraction of sp³-hybridized carbons (Fsp3) is 0.811. The van der Waals surface area contributed by atoms with Crippen molar-refractivity contribution in [2.75, 3.05) is 33.0 Å². The van der Waals surface area contributed by atoms with Crippen molar-refractivity contribution >= 4 is 13.8 Å². The van der Waals surface area contributed by atoms with E-state index in [4.69, 9.17) is 24.3 Å². The number of esters is 1. The molecule has 9 heteroatoms. The smallest absolute Gasteiger partial charge is 0.457 e. The van der Waals surface area contributed by atoms with Crippen molar-refractivity contribution in [3.8, 4) is 0 Å². The van der Waals surface area contributed by atoms with Crippen molar-refractivity contribution < 1.29 is 32.8 Å². The number of phosphoric ester groups is 1. The number of rotatable bonds is 35. The summed E-state index contributed by atoms with van der Waals surface area (Å²) in [6.07, 6.45) is 37.2. The molecule has 2 atom stereocenters. The van der Waals surface area contributed by atoms with Gasteiger partial charge in [-0.2, -0.15) is 0 Å². The summed E-state index contributed by atoms with van der Waals surface area (Å²) in [5.74, 6) is -0.347. The number of carbonyl (C=O) groups is 1. The van der Waals surface area contributed by atoms with E-state index in [9.17, 15) is 14.3 Å². The second-order valence-corrected chi connectivity index (χ2v) is 13.5. The fourth-order valence-corrected chi connectivity index (χ4v) is 5.54. The highest BCUT2D eigenvalue weighted by atomic mass is 31.2. The van der Waals surface area contributed by atoms with E-state index < -0.39 is 13.9 Å². The van der Waals surface area contributed by atoms with Crippen molar-refractivity contribution in [3.63, 3.8) is 0 Å². The Morgan fingerprint density at radius 2 is 1.17 bits per heavy atom. The second-order valence-electron chi connectivity index (χ2n) is 12.1. The Morgan fingerprint density at radius 3 is 1.78 bits per heavy atom. The van der Waals surface area contributed by atoms with Gasteiger partial charge < -0.3 is 20.1 Å². The zero-order chi connectivity index (χ0) is 33.8. The lowest BCUT2D eigenvalue weighted by molar-refractivity contribution is -0.154. The minimum Gasteiger partial charge on any atom is -0.457 e. The zero-order valence-corrected chi connectivity index (χ0v) is 30.4. The molecule has 0 aromatic carbocycles. The van der Waals surface area contributed by atoms with Crippen molar-refractivity contribution in [2.24, 2.45) is 5.73 Å². The van der Waals surface area contributed by atoms with Crippen molar-refractivity contribution in [1.29, 1.82) is 0 Å². The van der Waals surface area contributed by atoms with Gasteiger partial charge >= 0.3 is 13.8 Å². The molecule has 0 aromatic rings. The molecule has 3 N–H and O–H groups in total. The van der Waals surface area contributed by atoms with Gasteiger partial charge in [0.15, 0.2) is 0 Å². The average Bonchev–Trinajstić information content (AvgIpc) is 3.04. The summed E-state index contributed by atoms with van der Waals surface area (Å²) < 4.78 is 33.2. The Balaban J connectivity index is 4.12. The van der Waals surface area contributed by atoms with Crippen LogP contribution in [0.3, 0.4) is 0 Å². The van der Waals surface area contributed by atoms with Crippen LogP contribution in [-0.4, -0.2) is 49.9 Å². The molecule has 0 fully saturated rings. The molecule has 8 nitrogen and oxygen atoms in total. The summed E-state index contributed by atoms with van der Waals surface area (Å²) in [4.78, 5) is 22.3. The quantitative estimate of drug-likeness (QED) is 0.0296. The zero-order valence-electron chi connectivity index (χ0n) is 29.6. The lowest BCUT2D eigenvalue weighted by Crippen LogP contribution is -2.28. The van der Waals surface area contributed by atoms with Gasteiger partial charge in [-0.1, -0.05) is 121 Å². The third-order valence-electron chi connectivity index (χ3n) is 7.53. The highest BCUT2D eigenvalue weighted by Crippen LogP contribution is 2.43. The molecule has 0 spiro atoms. The van der Waals surface area contributed by atoms with E-state index in [0.29, 0.717) is 13.0 Å². The Bertz CT molecular complexity index is 803. The maximum Gasteiger partial charge on any atom is 0.472 e. The predicted octanol–water partition coefficient (Wildman–Crippen LogP) is 10.3. The van der Waals surface area contributed by atoms with E-state index >= 15 is 0 Å². The van der Waals surface area contributed by atoms with E-state index in [2.05, 4.69) is 50.3 Å². The molecule has 0 bridgehead atoms. The standard InChI is InChI=1S/C37H70NO7P/c1-3-5-7-9-11-13-15-16-17-18-19-21-23-25-27-29-32-42-34-36(35-44-46(40,41)43-33-31-38)45-37(39)30-28-26-24-22-20-14-12-10-8-6-4-2/h10-13,16-17,36H,3-9,14-15,18-35,38H2,1-2H3,(H,40,41)/b12-10-,13-11-,17-16-. The Hall–Kier alpha value is -1.28. The van der Waals surface area contributed by atoms with Crippen LogP contribution in [0.4, 0.5) is 0 Å². The van der Waals surface area contributed by atoms with Crippen LogP contribution in [0, 0.1) is 0 Å². The third kappa shape index (κ3) is 34.1. The second kappa shape index (κ2) is 35.0. The van der Waals surface area contributed by atoms with Gasteiger partial charge in [0.25, 0.3) is 0 Å². The van der Waals surface area contributed by atoms with E-state index in [1.54, 1.807) is 0 Å². The van der Waals surface area contributed by atoms with Gasteiger partial charge in [-0.15, -0.1) is 0 Å². The summed E-state index contributed by atoms with van der Waals surface area (Å²) in [5, 5.41) is 0. The van der Waals surface area contributed by atoms with Crippen LogP contribution in [-0.2, 0) is 27.9 Å². The van der Waals surface area contributed by atoms with Crippen LogP contribution in [0.1, 0.15) is 155 Å². The van der Waals surface area contributed by atoms with Crippen LogP contribution in [0.15, 0.2) is 36.5 Å². The molecule has 0 amide bonds. The summed E-state index contributed by atoms with van der Waals surface area (Å²) in [5.41, 5.74) is 5.34. The lowest BCUT2D eigenvalue weighted by Gasteiger charge is -2.20. The fourth-order valence-electron chi connectivity index (χ4n) is 4.77. The molecule has 2 unspecified atom stereocenters. The molecule has 0 saturated carbocycles. The van der Waals surface area contributed by atoms with E-state index in [-0.39, 0.29) is 32.3 Å². The molecule has 0 saturated heterocycles. The van der Waals surface area contributed by atoms with Gasteiger partial charge in [-0.3, -0.25) is 13.8 Å². The Labute approximate surface area is 282 Å². The first-order valence-corrected chi connectivity index (χ1v) is 20.0. The van der Waals surface area contributed by atoms with Crippen LogP contribution in [0.25, 0.3) is 0 Å². The molecule has 0 radical (unpaired) electrons. The van der Waals surface area contributed by atoms with Gasteiger partial charge in [0.05, 0.1) is 19.8 Å². The number of carbonyl (C=O) groups excluding carboxylic acids is 1. The molecular weight excluding hydrogens is 601 g/mol. The average molecular weight is 672 g/mol. The Kier molecular flexibility index (Phi) is 34.1. The number of hydrogen-bond acceptors (Lipinski definition) is 7. The molecule has 0 aliphatic rings. The highest BCUT2D eigenvalue weighted by molar-refractivity contribution is 7.47.